The molecule has 1 N–H and O–H groups in total. The number of β-amino-alcohol motifs (C(OH)–C–C–N with tert-alkyl or cyclic N) is 1. The average Bonchev–Trinajstić information content (AvgIpc) is 3.00. The van der Waals surface area contributed by atoms with Gasteiger partial charge in [-0.2, -0.15) is 17.7 Å². The van der Waals surface area contributed by atoms with Gasteiger partial charge in [0.05, 0.1) is 6.54 Å². The Kier molecular flexibility index (Phi) is 3.33. The van der Waals surface area contributed by atoms with Crippen LogP contribution in [0.3, 0.4) is 0 Å². The SMILES string of the molecule is CC(C)(C)c1nnc2ccc(N3CCC(O)(C(F)(F)F)C3)nn12. The summed E-state index contributed by atoms with van der Waals surface area (Å²) in [5.74, 6) is 0.989. The Morgan fingerprint density at radius 3 is 2.43 bits per heavy atom. The Morgan fingerprint density at radius 2 is 1.87 bits per heavy atom. The highest BCUT2D eigenvalue weighted by molar-refractivity contribution is 5.47. The smallest absolute Gasteiger partial charge is 0.379 e. The molecule has 6 nitrogen and oxygen atoms in total. The van der Waals surface area contributed by atoms with Crippen molar-refractivity contribution in [3.05, 3.63) is 18.0 Å². The molecule has 1 saturated heterocycles. The van der Waals surface area contributed by atoms with Gasteiger partial charge in [0.2, 0.25) is 0 Å². The number of alkyl halides is 3. The molecule has 1 unspecified atom stereocenters. The van der Waals surface area contributed by atoms with Gasteiger partial charge in [-0.3, -0.25) is 0 Å². The molecule has 0 bridgehead atoms. The van der Waals surface area contributed by atoms with E-state index in [1.807, 2.05) is 20.8 Å². The molecule has 0 amide bonds. The maximum atomic E-state index is 12.9. The van der Waals surface area contributed by atoms with Crippen molar-refractivity contribution in [3.8, 4) is 0 Å². The van der Waals surface area contributed by atoms with E-state index in [9.17, 15) is 18.3 Å². The number of halogens is 3. The minimum atomic E-state index is -4.65. The molecule has 1 aliphatic rings. The van der Waals surface area contributed by atoms with Crippen molar-refractivity contribution in [1.29, 1.82) is 0 Å². The van der Waals surface area contributed by atoms with Gasteiger partial charge in [-0.15, -0.1) is 15.3 Å². The number of aliphatic hydroxyl groups is 1. The fraction of sp³-hybridized carbons (Fsp3) is 0.643. The third-order valence-corrected chi connectivity index (χ3v) is 4.02. The van der Waals surface area contributed by atoms with Crippen molar-refractivity contribution < 1.29 is 18.3 Å². The van der Waals surface area contributed by atoms with Gasteiger partial charge in [-0.05, 0) is 12.1 Å². The van der Waals surface area contributed by atoms with Crippen molar-refractivity contribution in [1.82, 2.24) is 19.8 Å². The molecule has 3 heterocycles. The van der Waals surface area contributed by atoms with E-state index in [2.05, 4.69) is 15.3 Å². The predicted octanol–water partition coefficient (Wildman–Crippen LogP) is 1.93. The van der Waals surface area contributed by atoms with Gasteiger partial charge in [-0.1, -0.05) is 20.8 Å². The van der Waals surface area contributed by atoms with Crippen molar-refractivity contribution in [2.75, 3.05) is 18.0 Å². The number of anilines is 1. The van der Waals surface area contributed by atoms with E-state index in [1.54, 1.807) is 16.6 Å². The number of rotatable bonds is 1. The Balaban J connectivity index is 1.96. The third-order valence-electron chi connectivity index (χ3n) is 4.02. The summed E-state index contributed by atoms with van der Waals surface area (Å²) < 4.78 is 40.3. The van der Waals surface area contributed by atoms with Crippen molar-refractivity contribution in [2.45, 2.75) is 44.4 Å². The van der Waals surface area contributed by atoms with E-state index in [-0.39, 0.29) is 18.4 Å². The predicted molar refractivity (Wildman–Crippen MR) is 77.3 cm³/mol. The molecule has 2 aromatic rings. The molecule has 1 fully saturated rings. The second kappa shape index (κ2) is 4.80. The molecular weight excluding hydrogens is 311 g/mol. The standard InChI is InChI=1S/C14H18F3N5O/c1-12(2,3)11-19-18-9-4-5-10(20-22(9)11)21-7-6-13(23,8-21)14(15,16)17/h4-5,23H,6-8H2,1-3H3. The second-order valence-corrected chi connectivity index (χ2v) is 6.94. The zero-order chi connectivity index (χ0) is 17.0. The van der Waals surface area contributed by atoms with Gasteiger partial charge in [0, 0.05) is 18.4 Å². The van der Waals surface area contributed by atoms with Crippen LogP contribution in [0, 0.1) is 0 Å². The quantitative estimate of drug-likeness (QED) is 0.866. The molecule has 0 spiro atoms. The molecule has 9 heteroatoms. The summed E-state index contributed by atoms with van der Waals surface area (Å²) in [5, 5.41) is 22.3. The summed E-state index contributed by atoms with van der Waals surface area (Å²) in [7, 11) is 0. The molecule has 0 radical (unpaired) electrons. The second-order valence-electron chi connectivity index (χ2n) is 6.94. The molecular formula is C14H18F3N5O. The molecule has 0 aromatic carbocycles. The van der Waals surface area contributed by atoms with Gasteiger partial charge < -0.3 is 10.0 Å². The number of aromatic nitrogens is 4. The molecule has 2 aromatic heterocycles. The zero-order valence-electron chi connectivity index (χ0n) is 13.1. The van der Waals surface area contributed by atoms with E-state index in [0.29, 0.717) is 17.3 Å². The lowest BCUT2D eigenvalue weighted by atomic mass is 9.96. The Labute approximate surface area is 130 Å². The van der Waals surface area contributed by atoms with Crippen LogP contribution >= 0.6 is 0 Å². The van der Waals surface area contributed by atoms with Crippen LogP contribution in [0.4, 0.5) is 19.0 Å². The van der Waals surface area contributed by atoms with E-state index < -0.39 is 18.3 Å². The van der Waals surface area contributed by atoms with Gasteiger partial charge in [0.15, 0.2) is 17.1 Å². The molecule has 23 heavy (non-hydrogen) atoms. The fourth-order valence-electron chi connectivity index (χ4n) is 2.64. The van der Waals surface area contributed by atoms with Crippen molar-refractivity contribution >= 4 is 11.5 Å². The highest BCUT2D eigenvalue weighted by Gasteiger charge is 2.57. The van der Waals surface area contributed by atoms with Crippen molar-refractivity contribution in [3.63, 3.8) is 0 Å². The summed E-state index contributed by atoms with van der Waals surface area (Å²) in [6.45, 7) is 5.42. The minimum absolute atomic E-state index is 0.0848. The Hall–Kier alpha value is -1.90. The fourth-order valence-corrected chi connectivity index (χ4v) is 2.64. The van der Waals surface area contributed by atoms with Crippen LogP contribution in [0.1, 0.15) is 33.0 Å². The zero-order valence-corrected chi connectivity index (χ0v) is 13.1. The first-order valence-corrected chi connectivity index (χ1v) is 7.28. The summed E-state index contributed by atoms with van der Waals surface area (Å²) in [4.78, 5) is 1.43. The van der Waals surface area contributed by atoms with E-state index >= 15 is 0 Å². The van der Waals surface area contributed by atoms with E-state index in [4.69, 9.17) is 0 Å². The molecule has 3 rings (SSSR count). The number of nitrogens with zero attached hydrogens (tertiary/aromatic N) is 5. The third kappa shape index (κ3) is 2.62. The highest BCUT2D eigenvalue weighted by atomic mass is 19.4. The van der Waals surface area contributed by atoms with Crippen LogP contribution in [-0.2, 0) is 5.41 Å². The normalized spacial score (nSPS) is 23.0. The highest BCUT2D eigenvalue weighted by Crippen LogP contribution is 2.38. The Bertz CT molecular complexity index is 736. The summed E-state index contributed by atoms with van der Waals surface area (Å²) in [6, 6.07) is 3.26. The monoisotopic (exact) mass is 329 g/mol. The van der Waals surface area contributed by atoms with Crippen LogP contribution in [0.15, 0.2) is 12.1 Å². The van der Waals surface area contributed by atoms with Crippen LogP contribution < -0.4 is 4.90 Å². The lowest BCUT2D eigenvalue weighted by molar-refractivity contribution is -0.250. The summed E-state index contributed by atoms with van der Waals surface area (Å²) in [6.07, 6.45) is -5.02. The molecule has 1 aliphatic heterocycles. The van der Waals surface area contributed by atoms with Gasteiger partial charge in [0.1, 0.15) is 5.82 Å². The topological polar surface area (TPSA) is 66.5 Å². The first-order valence-electron chi connectivity index (χ1n) is 7.28. The van der Waals surface area contributed by atoms with Gasteiger partial charge in [-0.25, -0.2) is 0 Å². The molecule has 1 atom stereocenters. The van der Waals surface area contributed by atoms with Crippen LogP contribution in [-0.4, -0.2) is 49.8 Å². The minimum Gasteiger partial charge on any atom is -0.379 e. The average molecular weight is 329 g/mol. The van der Waals surface area contributed by atoms with Crippen molar-refractivity contribution in [2.24, 2.45) is 0 Å². The Morgan fingerprint density at radius 1 is 1.17 bits per heavy atom. The van der Waals surface area contributed by atoms with Crippen LogP contribution in [0.25, 0.3) is 5.65 Å². The molecule has 0 aliphatic carbocycles. The summed E-state index contributed by atoms with van der Waals surface area (Å²) in [5.41, 5.74) is -2.46. The lowest BCUT2D eigenvalue weighted by Gasteiger charge is -2.26. The number of hydrogen-bond donors (Lipinski definition) is 1. The first kappa shape index (κ1) is 16.0. The maximum absolute atomic E-state index is 12.9. The summed E-state index contributed by atoms with van der Waals surface area (Å²) >= 11 is 0. The van der Waals surface area contributed by atoms with E-state index in [1.165, 1.54) is 4.90 Å². The first-order chi connectivity index (χ1) is 10.5. The van der Waals surface area contributed by atoms with Crippen LogP contribution in [0.2, 0.25) is 0 Å². The van der Waals surface area contributed by atoms with Gasteiger partial charge in [0.25, 0.3) is 0 Å². The lowest BCUT2D eigenvalue weighted by Crippen LogP contribution is -2.47. The van der Waals surface area contributed by atoms with Crippen LogP contribution in [0.5, 0.6) is 0 Å². The molecule has 126 valence electrons. The van der Waals surface area contributed by atoms with E-state index in [0.717, 1.165) is 0 Å². The number of hydrogen-bond acceptors (Lipinski definition) is 5. The maximum Gasteiger partial charge on any atom is 0.418 e. The molecule has 0 saturated carbocycles. The van der Waals surface area contributed by atoms with Gasteiger partial charge >= 0.3 is 6.18 Å². The largest absolute Gasteiger partial charge is 0.418 e. The number of fused-ring (bicyclic) bond motifs is 1.